The summed E-state index contributed by atoms with van der Waals surface area (Å²) in [4.78, 5) is 17.1. The maximum absolute atomic E-state index is 10.7. The van der Waals surface area contributed by atoms with Crippen molar-refractivity contribution in [1.29, 1.82) is 0 Å². The van der Waals surface area contributed by atoms with Crippen molar-refractivity contribution in [2.75, 3.05) is 25.4 Å². The summed E-state index contributed by atoms with van der Waals surface area (Å²) in [5, 5.41) is 9.59. The second kappa shape index (κ2) is 7.29. The largest absolute Gasteiger partial charge is 0.477 e. The van der Waals surface area contributed by atoms with Gasteiger partial charge in [0.1, 0.15) is 5.69 Å². The Hall–Kier alpha value is -1.07. The summed E-state index contributed by atoms with van der Waals surface area (Å²) in [6.07, 6.45) is 0. The van der Waals surface area contributed by atoms with Gasteiger partial charge in [0.2, 0.25) is 0 Å². The Kier molecular flexibility index (Phi) is 6.00. The zero-order chi connectivity index (χ0) is 12.7. The van der Waals surface area contributed by atoms with Gasteiger partial charge in [-0.2, -0.15) is 0 Å². The summed E-state index contributed by atoms with van der Waals surface area (Å²) in [5.41, 5.74) is 0.109. The molecule has 4 nitrogen and oxygen atoms in total. The molecule has 17 heavy (non-hydrogen) atoms. The van der Waals surface area contributed by atoms with Gasteiger partial charge in [0.15, 0.2) is 0 Å². The fraction of sp³-hybridized carbons (Fsp3) is 0.500. The topological polar surface area (TPSA) is 53.4 Å². The van der Waals surface area contributed by atoms with E-state index in [4.69, 9.17) is 5.11 Å². The summed E-state index contributed by atoms with van der Waals surface area (Å²) in [6, 6.07) is 5.09. The molecule has 5 heteroatoms. The van der Waals surface area contributed by atoms with Crippen LogP contribution in [0.4, 0.5) is 0 Å². The Balaban J connectivity index is 2.46. The molecule has 1 rings (SSSR count). The monoisotopic (exact) mass is 254 g/mol. The van der Waals surface area contributed by atoms with Crippen molar-refractivity contribution >= 4 is 17.7 Å². The molecule has 0 aliphatic rings. The molecule has 1 N–H and O–H groups in total. The highest BCUT2D eigenvalue weighted by atomic mass is 32.2. The van der Waals surface area contributed by atoms with E-state index < -0.39 is 5.97 Å². The van der Waals surface area contributed by atoms with E-state index in [0.29, 0.717) is 0 Å². The third kappa shape index (κ3) is 4.75. The van der Waals surface area contributed by atoms with Crippen molar-refractivity contribution in [1.82, 2.24) is 9.88 Å². The molecule has 0 bridgehead atoms. The van der Waals surface area contributed by atoms with Crippen molar-refractivity contribution in [3.05, 3.63) is 23.9 Å². The minimum atomic E-state index is -0.976. The predicted octanol–water partition coefficient (Wildman–Crippen LogP) is 2.21. The number of carboxylic acids is 1. The second-order valence-corrected chi connectivity index (χ2v) is 4.66. The van der Waals surface area contributed by atoms with E-state index in [1.807, 2.05) is 6.07 Å². The smallest absolute Gasteiger partial charge is 0.354 e. The lowest BCUT2D eigenvalue weighted by Gasteiger charge is -2.17. The van der Waals surface area contributed by atoms with E-state index in [1.54, 1.807) is 17.8 Å². The van der Waals surface area contributed by atoms with E-state index >= 15 is 0 Å². The fourth-order valence-electron chi connectivity index (χ4n) is 1.43. The zero-order valence-corrected chi connectivity index (χ0v) is 11.0. The van der Waals surface area contributed by atoms with Gasteiger partial charge in [0.05, 0.1) is 5.03 Å². The van der Waals surface area contributed by atoms with Gasteiger partial charge in [0, 0.05) is 12.3 Å². The Morgan fingerprint density at radius 3 is 2.71 bits per heavy atom. The molecule has 0 aliphatic heterocycles. The van der Waals surface area contributed by atoms with Crippen LogP contribution in [0.15, 0.2) is 23.2 Å². The molecule has 0 saturated carbocycles. The van der Waals surface area contributed by atoms with E-state index in [2.05, 4.69) is 23.7 Å². The van der Waals surface area contributed by atoms with Gasteiger partial charge < -0.3 is 10.0 Å². The SMILES string of the molecule is CCN(CC)CCSc1cccc(C(=O)O)n1. The molecule has 0 fully saturated rings. The highest BCUT2D eigenvalue weighted by molar-refractivity contribution is 7.99. The molecule has 1 aromatic heterocycles. The first kappa shape index (κ1) is 14.0. The van der Waals surface area contributed by atoms with Gasteiger partial charge in [-0.1, -0.05) is 19.9 Å². The van der Waals surface area contributed by atoms with Crippen molar-refractivity contribution in [3.63, 3.8) is 0 Å². The third-order valence-electron chi connectivity index (χ3n) is 2.49. The highest BCUT2D eigenvalue weighted by Gasteiger charge is 2.06. The number of aromatic nitrogens is 1. The maximum Gasteiger partial charge on any atom is 0.354 e. The van der Waals surface area contributed by atoms with Crippen molar-refractivity contribution in [2.24, 2.45) is 0 Å². The van der Waals surface area contributed by atoms with Gasteiger partial charge in [-0.15, -0.1) is 11.8 Å². The first-order valence-electron chi connectivity index (χ1n) is 5.72. The van der Waals surface area contributed by atoms with Crippen LogP contribution in [-0.2, 0) is 0 Å². The second-order valence-electron chi connectivity index (χ2n) is 3.54. The molecule has 0 amide bonds. The summed E-state index contributed by atoms with van der Waals surface area (Å²) in [6.45, 7) is 7.35. The summed E-state index contributed by atoms with van der Waals surface area (Å²) in [5.74, 6) is -0.0474. The molecule has 0 spiro atoms. The number of hydrogen-bond acceptors (Lipinski definition) is 4. The molecule has 0 atom stereocenters. The average molecular weight is 254 g/mol. The Labute approximate surface area is 106 Å². The number of nitrogens with zero attached hydrogens (tertiary/aromatic N) is 2. The van der Waals surface area contributed by atoms with Crippen LogP contribution in [0, 0.1) is 0 Å². The molecular formula is C12H18N2O2S. The number of thioether (sulfide) groups is 1. The Morgan fingerprint density at radius 1 is 1.41 bits per heavy atom. The normalized spacial score (nSPS) is 10.8. The molecule has 0 aliphatic carbocycles. The van der Waals surface area contributed by atoms with Crippen molar-refractivity contribution in [2.45, 2.75) is 18.9 Å². The highest BCUT2D eigenvalue weighted by Crippen LogP contribution is 2.15. The van der Waals surface area contributed by atoms with Gasteiger partial charge in [-0.3, -0.25) is 0 Å². The van der Waals surface area contributed by atoms with E-state index in [1.165, 1.54) is 6.07 Å². The lowest BCUT2D eigenvalue weighted by Crippen LogP contribution is -2.25. The standard InChI is InChI=1S/C12H18N2O2S/c1-3-14(4-2)8-9-17-11-7-5-6-10(13-11)12(15)16/h5-7H,3-4,8-9H2,1-2H3,(H,15,16). The van der Waals surface area contributed by atoms with Crippen LogP contribution in [0.5, 0.6) is 0 Å². The number of carbonyl (C=O) groups is 1. The van der Waals surface area contributed by atoms with Crippen LogP contribution in [0.1, 0.15) is 24.3 Å². The lowest BCUT2D eigenvalue weighted by atomic mass is 10.4. The van der Waals surface area contributed by atoms with Crippen molar-refractivity contribution in [3.8, 4) is 0 Å². The number of hydrogen-bond donors (Lipinski definition) is 1. The van der Waals surface area contributed by atoms with Crippen LogP contribution in [0.25, 0.3) is 0 Å². The molecule has 0 saturated heterocycles. The van der Waals surface area contributed by atoms with E-state index in [-0.39, 0.29) is 5.69 Å². The third-order valence-corrected chi connectivity index (χ3v) is 3.40. The van der Waals surface area contributed by atoms with Gasteiger partial charge in [0.25, 0.3) is 0 Å². The molecular weight excluding hydrogens is 236 g/mol. The average Bonchev–Trinajstić information content (AvgIpc) is 2.35. The molecule has 1 heterocycles. The van der Waals surface area contributed by atoms with Crippen LogP contribution in [0.2, 0.25) is 0 Å². The summed E-state index contributed by atoms with van der Waals surface area (Å²) in [7, 11) is 0. The maximum atomic E-state index is 10.7. The fourth-order valence-corrected chi connectivity index (χ4v) is 2.33. The number of aromatic carboxylic acids is 1. The molecule has 94 valence electrons. The zero-order valence-electron chi connectivity index (χ0n) is 10.2. The Bertz CT molecular complexity index is 367. The minimum absolute atomic E-state index is 0.109. The minimum Gasteiger partial charge on any atom is -0.477 e. The first-order chi connectivity index (χ1) is 8.17. The first-order valence-corrected chi connectivity index (χ1v) is 6.71. The quantitative estimate of drug-likeness (QED) is 0.756. The summed E-state index contributed by atoms with van der Waals surface area (Å²) >= 11 is 1.59. The number of pyridine rings is 1. The van der Waals surface area contributed by atoms with Crippen LogP contribution < -0.4 is 0 Å². The molecule has 0 unspecified atom stereocenters. The Morgan fingerprint density at radius 2 is 2.12 bits per heavy atom. The van der Waals surface area contributed by atoms with Crippen LogP contribution in [0.3, 0.4) is 0 Å². The van der Waals surface area contributed by atoms with Crippen LogP contribution in [-0.4, -0.2) is 46.3 Å². The van der Waals surface area contributed by atoms with Crippen LogP contribution >= 0.6 is 11.8 Å². The lowest BCUT2D eigenvalue weighted by molar-refractivity contribution is 0.0689. The van der Waals surface area contributed by atoms with E-state index in [0.717, 1.165) is 30.4 Å². The number of carboxylic acid groups (broad SMARTS) is 1. The van der Waals surface area contributed by atoms with Gasteiger partial charge in [-0.05, 0) is 25.2 Å². The molecule has 1 aromatic rings. The van der Waals surface area contributed by atoms with Gasteiger partial charge >= 0.3 is 5.97 Å². The molecule has 0 radical (unpaired) electrons. The predicted molar refractivity (Wildman–Crippen MR) is 69.7 cm³/mol. The van der Waals surface area contributed by atoms with Gasteiger partial charge in [-0.25, -0.2) is 9.78 Å². The number of rotatable bonds is 7. The van der Waals surface area contributed by atoms with Crippen molar-refractivity contribution < 1.29 is 9.90 Å². The summed E-state index contributed by atoms with van der Waals surface area (Å²) < 4.78 is 0. The van der Waals surface area contributed by atoms with E-state index in [9.17, 15) is 4.79 Å². The molecule has 0 aromatic carbocycles.